The first-order valence-corrected chi connectivity index (χ1v) is 12.6. The second kappa shape index (κ2) is 1020. The lowest BCUT2D eigenvalue weighted by Gasteiger charge is -1.84. The first-order valence-electron chi connectivity index (χ1n) is 12.6. The van der Waals surface area contributed by atoms with Gasteiger partial charge in [0.25, 0.3) is 0 Å². The normalized spacial score (nSPS) is 4.23. The van der Waals surface area contributed by atoms with Gasteiger partial charge in [0.05, 0.1) is 26.4 Å². The molecule has 0 aliphatic rings. The minimum atomic E-state index is -0.125. The molecule has 0 spiro atoms. The lowest BCUT2D eigenvalue weighted by Crippen LogP contribution is -1.91. The first-order chi connectivity index (χ1) is 20.8. The molecule has 0 saturated heterocycles. The molecule has 0 unspecified atom stereocenters. The molecular weight excluding hydrogens is 532 g/mol. The molecule has 4 heteroatoms. The molecule has 0 heterocycles. The lowest BCUT2D eigenvalue weighted by molar-refractivity contribution is 0.135. The van der Waals surface area contributed by atoms with E-state index in [1.54, 1.807) is 43.6 Å². The highest BCUT2D eigenvalue weighted by molar-refractivity contribution is 4.53. The Balaban J connectivity index is -0.0000000131. The summed E-state index contributed by atoms with van der Waals surface area (Å²) in [6, 6.07) is 0. The summed E-state index contributed by atoms with van der Waals surface area (Å²) in [5.41, 5.74) is 0. The van der Waals surface area contributed by atoms with E-state index in [1.807, 2.05) is 41.5 Å². The summed E-state index contributed by atoms with van der Waals surface area (Å²) in [6.45, 7) is 79.8. The number of allylic oxidation sites excluding steroid dienone is 6. The molecule has 4 nitrogen and oxygen atoms in total. The molecule has 262 valence electrons. The van der Waals surface area contributed by atoms with Crippen molar-refractivity contribution in [1.29, 1.82) is 0 Å². The maximum Gasteiger partial charge on any atom is 0.0693 e. The van der Waals surface area contributed by atoms with E-state index in [1.165, 1.54) is 0 Å². The third kappa shape index (κ3) is 78200. The Kier molecular flexibility index (Phi) is 2520. The van der Waals surface area contributed by atoms with Gasteiger partial charge in [-0.1, -0.05) is 36.5 Å². The Morgan fingerprint density at radius 1 is 0.349 bits per heavy atom. The van der Waals surface area contributed by atoms with Crippen LogP contribution in [0.4, 0.5) is 0 Å². The fraction of sp³-hybridized carbons (Fsp3) is 0.282. The molecule has 0 aromatic carbocycles. The second-order valence-electron chi connectivity index (χ2n) is 3.61. The van der Waals surface area contributed by atoms with Crippen LogP contribution in [0.15, 0.2) is 181 Å². The Hall–Kier alpha value is -3.80. The SMILES string of the molecule is C=C.C=C.C=C.C=C.C=C.C=C.C=C.C=C.C=CC.C=CC.C=CC.C=CC.C=CC.C=CC.COCCO.OCCO. The zero-order valence-electron chi connectivity index (χ0n) is 30.6. The van der Waals surface area contributed by atoms with Crippen LogP contribution in [0.3, 0.4) is 0 Å². The standard InChI is InChI=1S/C3H8O2.6C3H6.C2H6O2.8C2H4/c1-5-3-2-4;6*1-3-2;3-1-2-4;8*1-2/h4H,2-3H2,1H3;6*3H,1H2,2H3;3-4H,1-2H2;8*1-2H2. The van der Waals surface area contributed by atoms with Crippen molar-refractivity contribution in [1.82, 2.24) is 0 Å². The van der Waals surface area contributed by atoms with Gasteiger partial charge in [-0.2, -0.15) is 0 Å². The number of hydrogen-bond donors (Lipinski definition) is 3. The van der Waals surface area contributed by atoms with Gasteiger partial charge in [0, 0.05) is 7.11 Å². The maximum atomic E-state index is 7.94. The first kappa shape index (κ1) is 106. The predicted octanol–water partition coefficient (Wildman–Crippen LogP) is 12.2. The van der Waals surface area contributed by atoms with Gasteiger partial charge in [-0.15, -0.1) is 145 Å². The van der Waals surface area contributed by atoms with Crippen LogP contribution in [0.1, 0.15) is 41.5 Å². The van der Waals surface area contributed by atoms with Crippen molar-refractivity contribution in [2.45, 2.75) is 41.5 Å². The number of rotatable bonds is 3. The van der Waals surface area contributed by atoms with E-state index < -0.39 is 0 Å². The van der Waals surface area contributed by atoms with Gasteiger partial charge in [-0.05, 0) is 41.5 Å². The van der Waals surface area contributed by atoms with Crippen molar-refractivity contribution >= 4 is 0 Å². The van der Waals surface area contributed by atoms with E-state index in [4.69, 9.17) is 15.3 Å². The molecular formula is C39H82O4. The van der Waals surface area contributed by atoms with E-state index in [0.717, 1.165) is 0 Å². The number of aliphatic hydroxyl groups is 3. The van der Waals surface area contributed by atoms with E-state index in [2.05, 4.69) is 149 Å². The smallest absolute Gasteiger partial charge is 0.0693 e. The van der Waals surface area contributed by atoms with Gasteiger partial charge >= 0.3 is 0 Å². The lowest BCUT2D eigenvalue weighted by atomic mass is 10.8. The zero-order valence-corrected chi connectivity index (χ0v) is 30.6. The molecule has 0 rings (SSSR count). The number of aliphatic hydroxyl groups excluding tert-OH is 3. The van der Waals surface area contributed by atoms with E-state index >= 15 is 0 Å². The largest absolute Gasteiger partial charge is 0.394 e. The molecule has 0 saturated carbocycles. The van der Waals surface area contributed by atoms with Gasteiger partial charge in [-0.3, -0.25) is 0 Å². The van der Waals surface area contributed by atoms with Crippen LogP contribution in [-0.4, -0.2) is 48.9 Å². The van der Waals surface area contributed by atoms with E-state index in [-0.39, 0.29) is 19.8 Å². The third-order valence-corrected chi connectivity index (χ3v) is 0.395. The fourth-order valence-corrected chi connectivity index (χ4v) is 0.0913. The average molecular weight is 615 g/mol. The Morgan fingerprint density at radius 3 is 0.442 bits per heavy atom. The van der Waals surface area contributed by atoms with Gasteiger partial charge in [0.2, 0.25) is 0 Å². The van der Waals surface area contributed by atoms with Crippen molar-refractivity contribution in [3.8, 4) is 0 Å². The van der Waals surface area contributed by atoms with Crippen LogP contribution in [0.25, 0.3) is 0 Å². The van der Waals surface area contributed by atoms with E-state index in [0.29, 0.717) is 6.61 Å². The average Bonchev–Trinajstić information content (AvgIpc) is 3.08. The van der Waals surface area contributed by atoms with Crippen LogP contribution in [0.2, 0.25) is 0 Å². The maximum absolute atomic E-state index is 7.94. The van der Waals surface area contributed by atoms with Crippen LogP contribution >= 0.6 is 0 Å². The minimum absolute atomic E-state index is 0.122. The van der Waals surface area contributed by atoms with Crippen LogP contribution in [-0.2, 0) is 4.74 Å². The Labute approximate surface area is 276 Å². The molecule has 43 heavy (non-hydrogen) atoms. The summed E-state index contributed by atoms with van der Waals surface area (Å²) in [5, 5.41) is 23.2. The van der Waals surface area contributed by atoms with Crippen LogP contribution in [0, 0.1) is 0 Å². The summed E-state index contributed by atoms with van der Waals surface area (Å²) in [7, 11) is 1.55. The Bertz CT molecular complexity index is 240. The molecule has 0 atom stereocenters. The van der Waals surface area contributed by atoms with Gasteiger partial charge < -0.3 is 20.1 Å². The summed E-state index contributed by atoms with van der Waals surface area (Å²) < 4.78 is 4.44. The third-order valence-electron chi connectivity index (χ3n) is 0.395. The van der Waals surface area contributed by atoms with Crippen molar-refractivity contribution in [3.63, 3.8) is 0 Å². The minimum Gasteiger partial charge on any atom is -0.394 e. The van der Waals surface area contributed by atoms with Crippen molar-refractivity contribution in [2.24, 2.45) is 0 Å². The molecule has 0 aliphatic carbocycles. The highest BCUT2D eigenvalue weighted by atomic mass is 16.5. The van der Waals surface area contributed by atoms with Crippen molar-refractivity contribution in [2.75, 3.05) is 33.5 Å². The monoisotopic (exact) mass is 615 g/mol. The topological polar surface area (TPSA) is 69.9 Å². The number of methoxy groups -OCH3 is 1. The van der Waals surface area contributed by atoms with Gasteiger partial charge in [-0.25, -0.2) is 0 Å². The summed E-state index contributed by atoms with van der Waals surface area (Å²) in [4.78, 5) is 0. The second-order valence-corrected chi connectivity index (χ2v) is 3.61. The van der Waals surface area contributed by atoms with Crippen molar-refractivity contribution in [3.05, 3.63) is 181 Å². The predicted molar refractivity (Wildman–Crippen MR) is 218 cm³/mol. The molecule has 0 bridgehead atoms. The highest BCUT2D eigenvalue weighted by Gasteiger charge is 1.67. The molecule has 3 N–H and O–H groups in total. The van der Waals surface area contributed by atoms with Gasteiger partial charge in [0.15, 0.2) is 0 Å². The molecule has 0 amide bonds. The van der Waals surface area contributed by atoms with Crippen LogP contribution < -0.4 is 0 Å². The molecule has 0 fully saturated rings. The Morgan fingerprint density at radius 2 is 0.442 bits per heavy atom. The molecule has 0 radical (unpaired) electrons. The van der Waals surface area contributed by atoms with Gasteiger partial charge in [0.1, 0.15) is 0 Å². The summed E-state index contributed by atoms with van der Waals surface area (Å²) in [5.74, 6) is 0. The molecule has 0 aliphatic heterocycles. The molecule has 0 aromatic rings. The fourth-order valence-electron chi connectivity index (χ4n) is 0.0913. The van der Waals surface area contributed by atoms with Crippen LogP contribution in [0.5, 0.6) is 0 Å². The number of ether oxygens (including phenoxy) is 1. The number of hydrogen-bond acceptors (Lipinski definition) is 4. The summed E-state index contributed by atoms with van der Waals surface area (Å²) >= 11 is 0. The highest BCUT2D eigenvalue weighted by Crippen LogP contribution is 1.56. The van der Waals surface area contributed by atoms with Crippen molar-refractivity contribution < 1.29 is 20.1 Å². The quantitative estimate of drug-likeness (QED) is 0.277. The van der Waals surface area contributed by atoms with E-state index in [9.17, 15) is 0 Å². The molecule has 0 aromatic heterocycles. The zero-order chi connectivity index (χ0) is 39.8. The summed E-state index contributed by atoms with van der Waals surface area (Å²) in [6.07, 6.45) is 10.5.